The second-order valence-corrected chi connectivity index (χ2v) is 2.42. The Morgan fingerprint density at radius 3 is 2.12 bits per heavy atom. The molecule has 0 aromatic heterocycles. The summed E-state index contributed by atoms with van der Waals surface area (Å²) in [6, 6.07) is 0. The first-order chi connectivity index (χ1) is 7.47. The van der Waals surface area contributed by atoms with Crippen molar-refractivity contribution in [1.82, 2.24) is 0 Å². The summed E-state index contributed by atoms with van der Waals surface area (Å²) in [7, 11) is 0. The van der Waals surface area contributed by atoms with Gasteiger partial charge in [0, 0.05) is 12.2 Å². The number of esters is 2. The molecule has 0 saturated heterocycles. The zero-order valence-electron chi connectivity index (χ0n) is 8.39. The third kappa shape index (κ3) is 14.6. The third-order valence-corrected chi connectivity index (χ3v) is 0.887. The second-order valence-electron chi connectivity index (χ2n) is 2.11. The molecule has 0 fully saturated rings. The van der Waals surface area contributed by atoms with Crippen LogP contribution in [0.2, 0.25) is 0 Å². The van der Waals surface area contributed by atoms with Crippen molar-refractivity contribution in [2.75, 3.05) is 0 Å². The van der Waals surface area contributed by atoms with E-state index in [0.717, 1.165) is 0 Å². The van der Waals surface area contributed by atoms with E-state index < -0.39 is 17.9 Å². The van der Waals surface area contributed by atoms with Gasteiger partial charge in [0.1, 0.15) is 0 Å². The number of halogens is 1. The zero-order chi connectivity index (χ0) is 13.0. The summed E-state index contributed by atoms with van der Waals surface area (Å²) in [6.45, 7) is 6.38. The van der Waals surface area contributed by atoms with Gasteiger partial charge in [0.2, 0.25) is 0 Å². The molecule has 0 aliphatic rings. The fourth-order valence-corrected chi connectivity index (χ4v) is 0.445. The van der Waals surface area contributed by atoms with Gasteiger partial charge in [0.25, 0.3) is 0 Å². The third-order valence-electron chi connectivity index (χ3n) is 0.887. The lowest BCUT2D eigenvalue weighted by atomic mass is 10.4. The highest BCUT2D eigenvalue weighted by atomic mass is 35.5. The molecule has 0 bridgehead atoms. The highest BCUT2D eigenvalue weighted by Gasteiger charge is 2.04. The topological polar surface area (TPSA) is 80.7 Å². The van der Waals surface area contributed by atoms with Crippen LogP contribution < -0.4 is 0 Å². The molecular formula is C10H11ClO5. The summed E-state index contributed by atoms with van der Waals surface area (Å²) in [5.41, 5.74) is 1.22. The molecule has 0 aliphatic carbocycles. The average molecular weight is 247 g/mol. The Hall–Kier alpha value is -1.88. The van der Waals surface area contributed by atoms with Crippen LogP contribution in [0.15, 0.2) is 36.9 Å². The van der Waals surface area contributed by atoms with Crippen molar-refractivity contribution in [2.24, 2.45) is 0 Å². The minimum atomic E-state index is -1.28. The van der Waals surface area contributed by atoms with E-state index >= 15 is 0 Å². The van der Waals surface area contributed by atoms with E-state index in [1.54, 1.807) is 0 Å². The van der Waals surface area contributed by atoms with Crippen molar-refractivity contribution in [3.05, 3.63) is 36.9 Å². The summed E-state index contributed by atoms with van der Waals surface area (Å²) in [5, 5.41) is 8.10. The van der Waals surface area contributed by atoms with Gasteiger partial charge in [-0.25, -0.2) is 9.59 Å². The number of aliphatic carboxylic acids is 1. The number of ether oxygens (including phenoxy) is 1. The Bertz CT molecular complexity index is 306. The predicted molar refractivity (Wildman–Crippen MR) is 58.7 cm³/mol. The van der Waals surface area contributed by atoms with Crippen molar-refractivity contribution in [3.63, 3.8) is 0 Å². The van der Waals surface area contributed by atoms with Crippen molar-refractivity contribution >= 4 is 29.5 Å². The first-order valence-electron chi connectivity index (χ1n) is 3.95. The first-order valence-corrected chi connectivity index (χ1v) is 4.39. The number of carboxylic acids is 1. The van der Waals surface area contributed by atoms with E-state index in [9.17, 15) is 14.4 Å². The molecular weight excluding hydrogens is 236 g/mol. The van der Waals surface area contributed by atoms with Crippen LogP contribution in [0.5, 0.6) is 0 Å². The lowest BCUT2D eigenvalue weighted by Gasteiger charge is -1.94. The van der Waals surface area contributed by atoms with Crippen LogP contribution in [0.3, 0.4) is 0 Å². The lowest BCUT2D eigenvalue weighted by molar-refractivity contribution is -0.155. The van der Waals surface area contributed by atoms with Crippen molar-refractivity contribution < 1.29 is 24.2 Å². The standard InChI is InChI=1S/C8H8O5.C2H3Cl/c1-2-3-7(11)13-8(12)5-4-6(9)10;1-2-3/h2,4-5H,1,3H2,(H,9,10);2H,1H2. The van der Waals surface area contributed by atoms with E-state index in [1.165, 1.54) is 11.6 Å². The van der Waals surface area contributed by atoms with Gasteiger partial charge in [-0.05, 0) is 5.54 Å². The van der Waals surface area contributed by atoms with Gasteiger partial charge in [-0.3, -0.25) is 4.79 Å². The number of carbonyl (C=O) groups is 3. The molecule has 16 heavy (non-hydrogen) atoms. The molecule has 0 spiro atoms. The monoisotopic (exact) mass is 246 g/mol. The Kier molecular flexibility index (Phi) is 11.6. The molecule has 0 aliphatic heterocycles. The average Bonchev–Trinajstić information content (AvgIpc) is 2.16. The van der Waals surface area contributed by atoms with Crippen LogP contribution >= 0.6 is 11.6 Å². The van der Waals surface area contributed by atoms with E-state index in [1.807, 2.05) is 0 Å². The number of rotatable bonds is 4. The summed E-state index contributed by atoms with van der Waals surface area (Å²) in [4.78, 5) is 31.1. The molecule has 0 saturated carbocycles. The first kappa shape index (κ1) is 16.5. The molecule has 1 N–H and O–H groups in total. The van der Waals surface area contributed by atoms with E-state index in [4.69, 9.17) is 16.7 Å². The number of carboxylic acid groups (broad SMARTS) is 1. The van der Waals surface area contributed by atoms with Gasteiger partial charge in [-0.2, -0.15) is 0 Å². The Labute approximate surface area is 97.7 Å². The summed E-state index contributed by atoms with van der Waals surface area (Å²) in [5.74, 6) is -3.06. The van der Waals surface area contributed by atoms with Crippen LogP contribution in [0, 0.1) is 0 Å². The molecule has 88 valence electrons. The van der Waals surface area contributed by atoms with Gasteiger partial charge in [-0.15, -0.1) is 6.58 Å². The quantitative estimate of drug-likeness (QED) is 0.353. The SMILES string of the molecule is C=CCC(=O)OC(=O)C=CC(=O)O.C=CCl. The molecule has 0 heterocycles. The molecule has 5 nitrogen and oxygen atoms in total. The van der Waals surface area contributed by atoms with Crippen LogP contribution in [-0.4, -0.2) is 23.0 Å². The number of hydrogen-bond acceptors (Lipinski definition) is 4. The van der Waals surface area contributed by atoms with E-state index in [-0.39, 0.29) is 6.42 Å². The van der Waals surface area contributed by atoms with Crippen molar-refractivity contribution in [2.45, 2.75) is 6.42 Å². The summed E-state index contributed by atoms with van der Waals surface area (Å²) < 4.78 is 4.14. The molecule has 0 atom stereocenters. The lowest BCUT2D eigenvalue weighted by Crippen LogP contribution is -2.09. The van der Waals surface area contributed by atoms with Crippen molar-refractivity contribution in [3.8, 4) is 0 Å². The molecule has 0 amide bonds. The Morgan fingerprint density at radius 2 is 1.75 bits per heavy atom. The normalized spacial score (nSPS) is 8.56. The minimum absolute atomic E-state index is 0.0906. The van der Waals surface area contributed by atoms with E-state index in [2.05, 4.69) is 17.9 Å². The molecule has 0 unspecified atom stereocenters. The summed E-state index contributed by atoms with van der Waals surface area (Å²) in [6.07, 6.45) is 2.43. The Morgan fingerprint density at radius 1 is 1.25 bits per heavy atom. The zero-order valence-corrected chi connectivity index (χ0v) is 9.14. The predicted octanol–water partition coefficient (Wildman–Crippen LogP) is 1.64. The Balaban J connectivity index is 0. The summed E-state index contributed by atoms with van der Waals surface area (Å²) >= 11 is 4.76. The molecule has 6 heteroatoms. The highest BCUT2D eigenvalue weighted by Crippen LogP contribution is 1.89. The minimum Gasteiger partial charge on any atom is -0.478 e. The molecule has 0 aromatic rings. The van der Waals surface area contributed by atoms with Gasteiger partial charge in [0.05, 0.1) is 6.42 Å². The maximum absolute atomic E-state index is 10.6. The van der Waals surface area contributed by atoms with Crippen LogP contribution in [0.25, 0.3) is 0 Å². The largest absolute Gasteiger partial charge is 0.478 e. The fourth-order valence-electron chi connectivity index (χ4n) is 0.445. The van der Waals surface area contributed by atoms with Crippen molar-refractivity contribution in [1.29, 1.82) is 0 Å². The molecule has 0 rings (SSSR count). The fraction of sp³-hybridized carbons (Fsp3) is 0.100. The molecule has 0 aromatic carbocycles. The van der Waals surface area contributed by atoms with Crippen LogP contribution in [0.1, 0.15) is 6.42 Å². The van der Waals surface area contributed by atoms with Gasteiger partial charge in [0.15, 0.2) is 0 Å². The molecule has 0 radical (unpaired) electrons. The maximum Gasteiger partial charge on any atom is 0.338 e. The number of carbonyl (C=O) groups excluding carboxylic acids is 2. The maximum atomic E-state index is 10.6. The van der Waals surface area contributed by atoms with Crippen LogP contribution in [0.4, 0.5) is 0 Å². The van der Waals surface area contributed by atoms with Gasteiger partial charge >= 0.3 is 17.9 Å². The van der Waals surface area contributed by atoms with E-state index in [0.29, 0.717) is 12.2 Å². The van der Waals surface area contributed by atoms with Gasteiger partial charge < -0.3 is 9.84 Å². The number of hydrogen-bond donors (Lipinski definition) is 1. The highest BCUT2D eigenvalue weighted by molar-refractivity contribution is 6.25. The second kappa shape index (κ2) is 11.2. The van der Waals surface area contributed by atoms with Gasteiger partial charge in [-0.1, -0.05) is 24.3 Å². The van der Waals surface area contributed by atoms with Crippen LogP contribution in [-0.2, 0) is 19.1 Å². The smallest absolute Gasteiger partial charge is 0.338 e.